The summed E-state index contributed by atoms with van der Waals surface area (Å²) in [5.74, 6) is 1.32. The van der Waals surface area contributed by atoms with Crippen molar-refractivity contribution < 1.29 is 19.1 Å². The van der Waals surface area contributed by atoms with Crippen molar-refractivity contribution in [3.63, 3.8) is 0 Å². The molecule has 1 aliphatic carbocycles. The third-order valence-corrected chi connectivity index (χ3v) is 9.07. The molecule has 0 aromatic rings. The number of alkyl carbamates (subject to hydrolysis) is 1. The quantitative estimate of drug-likeness (QED) is 0.149. The number of thioether (sulfide) groups is 1. The zero-order valence-electron chi connectivity index (χ0n) is 23.3. The van der Waals surface area contributed by atoms with E-state index in [2.05, 4.69) is 17.6 Å². The third kappa shape index (κ3) is 9.69. The fourth-order valence-corrected chi connectivity index (χ4v) is 6.36. The summed E-state index contributed by atoms with van der Waals surface area (Å²) in [7, 11) is 0. The van der Waals surface area contributed by atoms with E-state index >= 15 is 0 Å². The van der Waals surface area contributed by atoms with E-state index < -0.39 is 22.9 Å². The molecule has 212 valence electrons. The monoisotopic (exact) mass is 539 g/mol. The first-order valence-corrected chi connectivity index (χ1v) is 15.1. The summed E-state index contributed by atoms with van der Waals surface area (Å²) in [5, 5.41) is 13.6. The molecule has 5 N–H and O–H groups in total. The van der Waals surface area contributed by atoms with Crippen LogP contribution in [0.25, 0.3) is 0 Å². The van der Waals surface area contributed by atoms with Crippen LogP contribution < -0.4 is 16.4 Å². The van der Waals surface area contributed by atoms with Gasteiger partial charge in [-0.25, -0.2) is 4.79 Å². The van der Waals surface area contributed by atoms with Gasteiger partial charge in [-0.3, -0.25) is 15.0 Å². The molecule has 1 saturated heterocycles. The topological polar surface area (TPSA) is 138 Å². The SMILES string of the molecule is CCCCOC(=O)N[C@@H](C(=O)N1CCC[C@H]1C(=O)NCC1CCC(C(=N)N)CC1)C(C)(C)SCCCC. The Morgan fingerprint density at radius 3 is 2.41 bits per heavy atom. The molecule has 10 heteroatoms. The number of nitrogens with one attached hydrogen (secondary N) is 3. The molecule has 0 bridgehead atoms. The van der Waals surface area contributed by atoms with Crippen molar-refractivity contribution in [3.8, 4) is 0 Å². The van der Waals surface area contributed by atoms with Crippen LogP contribution in [0.4, 0.5) is 4.79 Å². The van der Waals surface area contributed by atoms with Crippen LogP contribution >= 0.6 is 11.8 Å². The predicted molar refractivity (Wildman–Crippen MR) is 150 cm³/mol. The maximum absolute atomic E-state index is 13.8. The molecule has 37 heavy (non-hydrogen) atoms. The fraction of sp³-hybridized carbons (Fsp3) is 0.852. The molecule has 9 nitrogen and oxygen atoms in total. The highest BCUT2D eigenvalue weighted by Gasteiger charge is 2.44. The highest BCUT2D eigenvalue weighted by molar-refractivity contribution is 8.00. The number of amides is 3. The van der Waals surface area contributed by atoms with Crippen LogP contribution in [0.15, 0.2) is 0 Å². The van der Waals surface area contributed by atoms with Gasteiger partial charge in [-0.2, -0.15) is 11.8 Å². The number of amidine groups is 1. The summed E-state index contributed by atoms with van der Waals surface area (Å²) in [6, 6.07) is -1.32. The van der Waals surface area contributed by atoms with Crippen LogP contribution in [0, 0.1) is 17.2 Å². The van der Waals surface area contributed by atoms with Crippen molar-refractivity contribution in [2.24, 2.45) is 17.6 Å². The first-order chi connectivity index (χ1) is 17.6. The lowest BCUT2D eigenvalue weighted by Crippen LogP contribution is -2.60. The number of carbonyl (C=O) groups excluding carboxylic acids is 3. The van der Waals surface area contributed by atoms with Gasteiger partial charge in [0.1, 0.15) is 12.1 Å². The van der Waals surface area contributed by atoms with Crippen LogP contribution in [-0.4, -0.2) is 70.9 Å². The summed E-state index contributed by atoms with van der Waals surface area (Å²) < 4.78 is 4.76. The van der Waals surface area contributed by atoms with Crippen molar-refractivity contribution in [1.82, 2.24) is 15.5 Å². The predicted octanol–water partition coefficient (Wildman–Crippen LogP) is 4.04. The Morgan fingerprint density at radius 1 is 1.11 bits per heavy atom. The van der Waals surface area contributed by atoms with E-state index in [4.69, 9.17) is 15.9 Å². The van der Waals surface area contributed by atoms with Crippen molar-refractivity contribution in [1.29, 1.82) is 5.41 Å². The van der Waals surface area contributed by atoms with Crippen molar-refractivity contribution in [3.05, 3.63) is 0 Å². The summed E-state index contributed by atoms with van der Waals surface area (Å²) in [4.78, 5) is 41.2. The molecule has 0 spiro atoms. The number of rotatable bonds is 14. The second-order valence-corrected chi connectivity index (χ2v) is 12.7. The van der Waals surface area contributed by atoms with Gasteiger partial charge >= 0.3 is 6.09 Å². The van der Waals surface area contributed by atoms with E-state index in [-0.39, 0.29) is 23.6 Å². The van der Waals surface area contributed by atoms with Gasteiger partial charge in [-0.15, -0.1) is 0 Å². The molecule has 3 amide bonds. The number of likely N-dealkylation sites (tertiary alicyclic amines) is 1. The Kier molecular flexibility index (Phi) is 13.0. The van der Waals surface area contributed by atoms with Gasteiger partial charge in [-0.1, -0.05) is 26.7 Å². The van der Waals surface area contributed by atoms with Gasteiger partial charge < -0.3 is 26.0 Å². The first-order valence-electron chi connectivity index (χ1n) is 14.1. The molecule has 1 aliphatic heterocycles. The zero-order valence-corrected chi connectivity index (χ0v) is 24.1. The van der Waals surface area contributed by atoms with E-state index in [1.54, 1.807) is 16.7 Å². The highest BCUT2D eigenvalue weighted by Crippen LogP contribution is 2.32. The molecular weight excluding hydrogens is 490 g/mol. The Hall–Kier alpha value is -1.97. The number of ether oxygens (including phenoxy) is 1. The Bertz CT molecular complexity index is 770. The fourth-order valence-electron chi connectivity index (χ4n) is 5.07. The maximum Gasteiger partial charge on any atom is 0.407 e. The van der Waals surface area contributed by atoms with Gasteiger partial charge in [0.15, 0.2) is 0 Å². The lowest BCUT2D eigenvalue weighted by molar-refractivity contribution is -0.140. The molecule has 1 heterocycles. The zero-order chi connectivity index (χ0) is 27.4. The first kappa shape index (κ1) is 31.2. The van der Waals surface area contributed by atoms with Crippen LogP contribution in [0.1, 0.15) is 91.9 Å². The number of hydrogen-bond acceptors (Lipinski definition) is 6. The van der Waals surface area contributed by atoms with Gasteiger partial charge in [0.2, 0.25) is 11.8 Å². The minimum atomic E-state index is -0.793. The Balaban J connectivity index is 2.03. The number of hydrogen-bond donors (Lipinski definition) is 4. The van der Waals surface area contributed by atoms with Crippen LogP contribution in [0.5, 0.6) is 0 Å². The minimum absolute atomic E-state index is 0.125. The van der Waals surface area contributed by atoms with Gasteiger partial charge in [0.05, 0.1) is 12.4 Å². The lowest BCUT2D eigenvalue weighted by atomic mass is 9.81. The molecular formula is C27H49N5O4S. The molecule has 0 unspecified atom stereocenters. The van der Waals surface area contributed by atoms with E-state index in [0.717, 1.165) is 63.5 Å². The van der Waals surface area contributed by atoms with Crippen LogP contribution in [-0.2, 0) is 14.3 Å². The van der Waals surface area contributed by atoms with E-state index in [0.29, 0.717) is 32.0 Å². The number of unbranched alkanes of at least 4 members (excludes halogenated alkanes) is 2. The molecule has 0 aromatic heterocycles. The van der Waals surface area contributed by atoms with Crippen LogP contribution in [0.3, 0.4) is 0 Å². The van der Waals surface area contributed by atoms with Gasteiger partial charge in [-0.05, 0) is 76.9 Å². The molecule has 1 saturated carbocycles. The smallest absolute Gasteiger partial charge is 0.407 e. The average molecular weight is 540 g/mol. The summed E-state index contributed by atoms with van der Waals surface area (Å²) in [6.45, 7) is 9.50. The normalized spacial score (nSPS) is 22.8. The molecule has 2 rings (SSSR count). The average Bonchev–Trinajstić information content (AvgIpc) is 3.36. The number of nitrogens with zero attached hydrogens (tertiary/aromatic N) is 1. The summed E-state index contributed by atoms with van der Waals surface area (Å²) in [5.41, 5.74) is 5.65. The minimum Gasteiger partial charge on any atom is -0.450 e. The molecule has 0 aromatic carbocycles. The molecule has 2 aliphatic rings. The second-order valence-electron chi connectivity index (χ2n) is 11.0. The number of nitrogens with two attached hydrogens (primary N) is 1. The van der Waals surface area contributed by atoms with Gasteiger partial charge in [0, 0.05) is 23.8 Å². The van der Waals surface area contributed by atoms with Crippen LogP contribution in [0.2, 0.25) is 0 Å². The Labute approximate surface area is 227 Å². The maximum atomic E-state index is 13.8. The van der Waals surface area contributed by atoms with Crippen molar-refractivity contribution in [2.45, 2.75) is 109 Å². The summed E-state index contributed by atoms with van der Waals surface area (Å²) in [6.07, 6.45) is 8.20. The van der Waals surface area contributed by atoms with E-state index in [1.807, 2.05) is 20.8 Å². The van der Waals surface area contributed by atoms with Crippen molar-refractivity contribution in [2.75, 3.05) is 25.4 Å². The molecule has 2 fully saturated rings. The Morgan fingerprint density at radius 2 is 1.78 bits per heavy atom. The molecule has 2 atom stereocenters. The van der Waals surface area contributed by atoms with Gasteiger partial charge in [0.25, 0.3) is 0 Å². The standard InChI is InChI=1S/C27H49N5O4S/c1-5-7-16-36-26(35)31-22(27(3,4)37-17-8-6-2)25(34)32-15-9-10-21(32)24(33)30-18-19-11-13-20(14-12-19)23(28)29/h19-22H,5-18H2,1-4H3,(H3,28,29)(H,30,33)(H,31,35)/t19?,20?,21-,22-/m0/s1. The lowest BCUT2D eigenvalue weighted by Gasteiger charge is -2.37. The summed E-state index contributed by atoms with van der Waals surface area (Å²) >= 11 is 1.67. The largest absolute Gasteiger partial charge is 0.450 e. The number of carbonyl (C=O) groups is 3. The van der Waals surface area contributed by atoms with E-state index in [9.17, 15) is 14.4 Å². The molecule has 0 radical (unpaired) electrons. The highest BCUT2D eigenvalue weighted by atomic mass is 32.2. The van der Waals surface area contributed by atoms with Crippen molar-refractivity contribution >= 4 is 35.5 Å². The second kappa shape index (κ2) is 15.4. The third-order valence-electron chi connectivity index (χ3n) is 7.60. The van der Waals surface area contributed by atoms with E-state index in [1.165, 1.54) is 0 Å².